The first-order valence-corrected chi connectivity index (χ1v) is 6.38. The Bertz CT molecular complexity index is 528. The van der Waals surface area contributed by atoms with E-state index in [-0.39, 0.29) is 0 Å². The van der Waals surface area contributed by atoms with Crippen LogP contribution >= 0.6 is 0 Å². The summed E-state index contributed by atoms with van der Waals surface area (Å²) in [6.07, 6.45) is 4.18. The third kappa shape index (κ3) is 2.26. The van der Waals surface area contributed by atoms with Crippen LogP contribution in [0.3, 0.4) is 0 Å². The first-order valence-electron chi connectivity index (χ1n) is 6.38. The maximum Gasteiger partial charge on any atom is 0.155 e. The largest absolute Gasteiger partial charge is 0.296 e. The normalized spacial score (nSPS) is 16.3. The fraction of sp³-hybridized carbons (Fsp3) is 0.462. The van der Waals surface area contributed by atoms with Gasteiger partial charge in [-0.15, -0.1) is 0 Å². The molecule has 0 N–H and O–H groups in total. The molecule has 0 spiro atoms. The summed E-state index contributed by atoms with van der Waals surface area (Å²) < 4.78 is 1.84. The first kappa shape index (κ1) is 11.3. The Labute approximate surface area is 106 Å². The number of hydrogen-bond donors (Lipinski definition) is 0. The van der Waals surface area contributed by atoms with Gasteiger partial charge in [-0.3, -0.25) is 4.90 Å². The number of aryl methyl sites for hydroxylation is 1. The van der Waals surface area contributed by atoms with Gasteiger partial charge in [0.05, 0.1) is 6.54 Å². The molecule has 1 aliphatic rings. The minimum Gasteiger partial charge on any atom is -0.296 e. The van der Waals surface area contributed by atoms with Crippen molar-refractivity contribution in [2.24, 2.45) is 0 Å². The highest BCUT2D eigenvalue weighted by Gasteiger charge is 2.16. The van der Waals surface area contributed by atoms with E-state index in [4.69, 9.17) is 0 Å². The van der Waals surface area contributed by atoms with E-state index in [1.807, 2.05) is 29.8 Å². The van der Waals surface area contributed by atoms with Crippen molar-refractivity contribution < 1.29 is 0 Å². The van der Waals surface area contributed by atoms with Crippen LogP contribution in [0.4, 0.5) is 0 Å². The predicted octanol–water partition coefficient (Wildman–Crippen LogP) is 1.57. The minimum atomic E-state index is 0.849. The van der Waals surface area contributed by atoms with Gasteiger partial charge in [-0.05, 0) is 45.0 Å². The molecule has 18 heavy (non-hydrogen) atoms. The summed E-state index contributed by atoms with van der Waals surface area (Å²) in [5.74, 6) is 1.82. The van der Waals surface area contributed by atoms with Gasteiger partial charge in [-0.1, -0.05) is 6.07 Å². The lowest BCUT2D eigenvalue weighted by molar-refractivity contribution is 0.319. The Hall–Kier alpha value is -1.75. The molecule has 3 rings (SSSR count). The van der Waals surface area contributed by atoms with E-state index in [1.54, 1.807) is 6.33 Å². The Morgan fingerprint density at radius 3 is 2.83 bits per heavy atom. The molecule has 0 atom stereocenters. The third-order valence-corrected chi connectivity index (χ3v) is 3.27. The lowest BCUT2D eigenvalue weighted by Crippen LogP contribution is -2.21. The van der Waals surface area contributed by atoms with E-state index in [9.17, 15) is 0 Å². The lowest BCUT2D eigenvalue weighted by Gasteiger charge is -2.14. The molecule has 2 aromatic rings. The predicted molar refractivity (Wildman–Crippen MR) is 68.4 cm³/mol. The van der Waals surface area contributed by atoms with Gasteiger partial charge in [0, 0.05) is 5.69 Å². The zero-order valence-corrected chi connectivity index (χ0v) is 10.6. The lowest BCUT2D eigenvalue weighted by atomic mass is 10.4. The van der Waals surface area contributed by atoms with E-state index in [0.717, 1.165) is 37.0 Å². The van der Waals surface area contributed by atoms with E-state index in [0.29, 0.717) is 0 Å². The van der Waals surface area contributed by atoms with E-state index in [2.05, 4.69) is 20.0 Å². The Morgan fingerprint density at radius 2 is 2.06 bits per heavy atom. The van der Waals surface area contributed by atoms with Gasteiger partial charge in [0.2, 0.25) is 0 Å². The molecule has 1 aliphatic heterocycles. The van der Waals surface area contributed by atoms with Gasteiger partial charge in [-0.25, -0.2) is 9.97 Å². The van der Waals surface area contributed by atoms with E-state index in [1.165, 1.54) is 12.8 Å². The average Bonchev–Trinajstić information content (AvgIpc) is 3.01. The number of rotatable bonds is 3. The van der Waals surface area contributed by atoms with Crippen LogP contribution in [0.25, 0.3) is 5.82 Å². The quantitative estimate of drug-likeness (QED) is 0.821. The van der Waals surface area contributed by atoms with E-state index >= 15 is 0 Å². The fourth-order valence-electron chi connectivity index (χ4n) is 2.35. The van der Waals surface area contributed by atoms with Gasteiger partial charge in [-0.2, -0.15) is 9.78 Å². The highest BCUT2D eigenvalue weighted by molar-refractivity contribution is 5.24. The summed E-state index contributed by atoms with van der Waals surface area (Å²) in [5.41, 5.74) is 0.995. The summed E-state index contributed by atoms with van der Waals surface area (Å²) in [6, 6.07) is 5.95. The molecular formula is C13H17N5. The second kappa shape index (κ2) is 4.86. The summed E-state index contributed by atoms with van der Waals surface area (Å²) in [7, 11) is 0. The van der Waals surface area contributed by atoms with Crippen molar-refractivity contribution in [3.05, 3.63) is 36.0 Å². The summed E-state index contributed by atoms with van der Waals surface area (Å²) in [6.45, 7) is 5.17. The van der Waals surface area contributed by atoms with Crippen LogP contribution in [0.15, 0.2) is 24.5 Å². The van der Waals surface area contributed by atoms with Crippen molar-refractivity contribution in [2.45, 2.75) is 26.3 Å². The highest BCUT2D eigenvalue weighted by atomic mass is 15.4. The van der Waals surface area contributed by atoms with Crippen molar-refractivity contribution in [3.63, 3.8) is 0 Å². The number of pyridine rings is 1. The fourth-order valence-corrected chi connectivity index (χ4v) is 2.35. The molecule has 2 aromatic heterocycles. The molecule has 0 radical (unpaired) electrons. The molecule has 0 aliphatic carbocycles. The molecular weight excluding hydrogens is 226 g/mol. The molecule has 0 aromatic carbocycles. The molecule has 5 nitrogen and oxygen atoms in total. The van der Waals surface area contributed by atoms with E-state index < -0.39 is 0 Å². The Morgan fingerprint density at radius 1 is 1.22 bits per heavy atom. The number of hydrogen-bond acceptors (Lipinski definition) is 4. The molecule has 3 heterocycles. The number of nitrogens with zero attached hydrogens (tertiary/aromatic N) is 5. The molecule has 0 saturated carbocycles. The van der Waals surface area contributed by atoms with Gasteiger partial charge < -0.3 is 0 Å². The van der Waals surface area contributed by atoms with Crippen LogP contribution in [-0.4, -0.2) is 37.7 Å². The highest BCUT2D eigenvalue weighted by Crippen LogP contribution is 2.13. The SMILES string of the molecule is Cc1cccc(-n2ncnc2CN2CCCC2)n1. The third-order valence-electron chi connectivity index (χ3n) is 3.27. The second-order valence-electron chi connectivity index (χ2n) is 4.71. The molecule has 1 fully saturated rings. The molecule has 1 saturated heterocycles. The van der Waals surface area contributed by atoms with Crippen LogP contribution in [0.5, 0.6) is 0 Å². The maximum absolute atomic E-state index is 4.49. The number of likely N-dealkylation sites (tertiary alicyclic amines) is 1. The summed E-state index contributed by atoms with van der Waals surface area (Å²) in [5, 5.41) is 4.29. The minimum absolute atomic E-state index is 0.849. The molecule has 0 unspecified atom stereocenters. The smallest absolute Gasteiger partial charge is 0.155 e. The average molecular weight is 243 g/mol. The second-order valence-corrected chi connectivity index (χ2v) is 4.71. The molecule has 94 valence electrons. The zero-order chi connectivity index (χ0) is 12.4. The number of aromatic nitrogens is 4. The monoisotopic (exact) mass is 243 g/mol. The topological polar surface area (TPSA) is 46.8 Å². The van der Waals surface area contributed by atoms with Gasteiger partial charge in [0.1, 0.15) is 12.2 Å². The van der Waals surface area contributed by atoms with Gasteiger partial charge in [0.25, 0.3) is 0 Å². The standard InChI is InChI=1S/C13H17N5/c1-11-5-4-6-12(16-11)18-13(14-10-15-18)9-17-7-2-3-8-17/h4-6,10H,2-3,7-9H2,1H3. The van der Waals surface area contributed by atoms with Gasteiger partial charge >= 0.3 is 0 Å². The maximum atomic E-state index is 4.49. The van der Waals surface area contributed by atoms with Crippen molar-refractivity contribution in [2.75, 3.05) is 13.1 Å². The Kier molecular flexibility index (Phi) is 3.06. The summed E-state index contributed by atoms with van der Waals surface area (Å²) in [4.78, 5) is 11.3. The molecule has 0 amide bonds. The Balaban J connectivity index is 1.86. The van der Waals surface area contributed by atoms with Crippen LogP contribution in [0, 0.1) is 6.92 Å². The van der Waals surface area contributed by atoms with Crippen LogP contribution < -0.4 is 0 Å². The van der Waals surface area contributed by atoms with Crippen molar-refractivity contribution in [3.8, 4) is 5.82 Å². The van der Waals surface area contributed by atoms with Gasteiger partial charge in [0.15, 0.2) is 5.82 Å². The first-order chi connectivity index (χ1) is 8.83. The zero-order valence-electron chi connectivity index (χ0n) is 10.6. The summed E-state index contributed by atoms with van der Waals surface area (Å²) >= 11 is 0. The molecule has 0 bridgehead atoms. The van der Waals surface area contributed by atoms with Crippen molar-refractivity contribution in [1.29, 1.82) is 0 Å². The van der Waals surface area contributed by atoms with Crippen molar-refractivity contribution in [1.82, 2.24) is 24.6 Å². The van der Waals surface area contributed by atoms with Crippen molar-refractivity contribution >= 4 is 0 Å². The van der Waals surface area contributed by atoms with Crippen LogP contribution in [0.2, 0.25) is 0 Å². The van der Waals surface area contributed by atoms with Crippen LogP contribution in [0.1, 0.15) is 24.4 Å². The molecule has 5 heteroatoms. The van der Waals surface area contributed by atoms with Crippen LogP contribution in [-0.2, 0) is 6.54 Å².